The highest BCUT2D eigenvalue weighted by Gasteiger charge is 2.17. The van der Waals surface area contributed by atoms with Crippen molar-refractivity contribution in [3.63, 3.8) is 0 Å². The molecule has 23 heavy (non-hydrogen) atoms. The van der Waals surface area contributed by atoms with Gasteiger partial charge in [0.15, 0.2) is 0 Å². The summed E-state index contributed by atoms with van der Waals surface area (Å²) in [6.07, 6.45) is 0. The first kappa shape index (κ1) is 17.4. The standard InChI is InChI=1S/C18H24NO3P/c1-5-21-17-12-8-16(9-13-17)19-23(4,20)22-18-10-6-15(7-11-18)14(2)3/h6-14H,5H2,1-4H3,(H,19,20)/t23-/m1/s1. The van der Waals surface area contributed by atoms with Crippen molar-refractivity contribution in [3.05, 3.63) is 54.1 Å². The fourth-order valence-corrected chi connectivity index (χ4v) is 3.35. The summed E-state index contributed by atoms with van der Waals surface area (Å²) in [5.41, 5.74) is 1.96. The lowest BCUT2D eigenvalue weighted by atomic mass is 10.0. The molecular weight excluding hydrogens is 309 g/mol. The van der Waals surface area contributed by atoms with Crippen LogP contribution in [0.25, 0.3) is 0 Å². The minimum atomic E-state index is -3.00. The van der Waals surface area contributed by atoms with E-state index in [2.05, 4.69) is 18.9 Å². The third-order valence-corrected chi connectivity index (χ3v) is 4.55. The zero-order chi connectivity index (χ0) is 16.9. The summed E-state index contributed by atoms with van der Waals surface area (Å²) in [6, 6.07) is 15.0. The molecule has 124 valence electrons. The van der Waals surface area contributed by atoms with Crippen LogP contribution in [-0.4, -0.2) is 13.3 Å². The van der Waals surface area contributed by atoms with Crippen molar-refractivity contribution in [1.29, 1.82) is 0 Å². The molecule has 0 spiro atoms. The van der Waals surface area contributed by atoms with E-state index in [1.807, 2.05) is 55.5 Å². The van der Waals surface area contributed by atoms with Crippen LogP contribution in [0.5, 0.6) is 11.5 Å². The van der Waals surface area contributed by atoms with Gasteiger partial charge in [-0.15, -0.1) is 0 Å². The van der Waals surface area contributed by atoms with E-state index in [-0.39, 0.29) is 0 Å². The summed E-state index contributed by atoms with van der Waals surface area (Å²) in [7, 11) is -3.00. The topological polar surface area (TPSA) is 47.6 Å². The second kappa shape index (κ2) is 7.56. The second-order valence-electron chi connectivity index (χ2n) is 5.73. The maximum absolute atomic E-state index is 12.6. The summed E-state index contributed by atoms with van der Waals surface area (Å²) in [4.78, 5) is 0. The molecule has 0 radical (unpaired) electrons. The van der Waals surface area contributed by atoms with Crippen LogP contribution in [0, 0.1) is 0 Å². The smallest absolute Gasteiger partial charge is 0.338 e. The van der Waals surface area contributed by atoms with Crippen molar-refractivity contribution in [1.82, 2.24) is 0 Å². The molecule has 0 aliphatic rings. The van der Waals surface area contributed by atoms with Gasteiger partial charge in [0.2, 0.25) is 0 Å². The van der Waals surface area contributed by atoms with Crippen LogP contribution in [0.1, 0.15) is 32.3 Å². The van der Waals surface area contributed by atoms with E-state index in [9.17, 15) is 4.57 Å². The Morgan fingerprint density at radius 2 is 1.57 bits per heavy atom. The van der Waals surface area contributed by atoms with E-state index >= 15 is 0 Å². The highest BCUT2D eigenvalue weighted by Crippen LogP contribution is 2.43. The number of rotatable bonds is 7. The van der Waals surface area contributed by atoms with Crippen LogP contribution in [-0.2, 0) is 4.57 Å². The fourth-order valence-electron chi connectivity index (χ4n) is 2.16. The molecule has 0 aliphatic carbocycles. The summed E-state index contributed by atoms with van der Waals surface area (Å²) in [6.45, 7) is 8.39. The van der Waals surface area contributed by atoms with E-state index in [1.54, 1.807) is 6.66 Å². The van der Waals surface area contributed by atoms with Crippen LogP contribution < -0.4 is 14.3 Å². The average molecular weight is 333 g/mol. The number of hydrogen-bond acceptors (Lipinski definition) is 3. The molecule has 0 bridgehead atoms. The van der Waals surface area contributed by atoms with Gasteiger partial charge in [-0.1, -0.05) is 26.0 Å². The molecule has 2 aromatic rings. The Morgan fingerprint density at radius 3 is 2.09 bits per heavy atom. The van der Waals surface area contributed by atoms with Crippen LogP contribution in [0.2, 0.25) is 0 Å². The number of benzene rings is 2. The summed E-state index contributed by atoms with van der Waals surface area (Å²) < 4.78 is 23.6. The third-order valence-electron chi connectivity index (χ3n) is 3.32. The molecule has 5 heteroatoms. The lowest BCUT2D eigenvalue weighted by Crippen LogP contribution is -2.02. The van der Waals surface area contributed by atoms with Gasteiger partial charge in [-0.05, 0) is 54.8 Å². The maximum Gasteiger partial charge on any atom is 0.338 e. The van der Waals surface area contributed by atoms with E-state index in [4.69, 9.17) is 9.26 Å². The molecule has 4 nitrogen and oxygen atoms in total. The van der Waals surface area contributed by atoms with Crippen molar-refractivity contribution in [2.24, 2.45) is 0 Å². The molecular formula is C18H24NO3P. The van der Waals surface area contributed by atoms with Crippen molar-refractivity contribution >= 4 is 13.2 Å². The molecule has 0 fully saturated rings. The average Bonchev–Trinajstić information content (AvgIpc) is 2.49. The Morgan fingerprint density at radius 1 is 1.00 bits per heavy atom. The molecule has 1 atom stereocenters. The van der Waals surface area contributed by atoms with Gasteiger partial charge in [-0.25, -0.2) is 0 Å². The third kappa shape index (κ3) is 5.33. The monoisotopic (exact) mass is 333 g/mol. The summed E-state index contributed by atoms with van der Waals surface area (Å²) in [5.74, 6) is 1.84. The molecule has 0 aromatic heterocycles. The van der Waals surface area contributed by atoms with Crippen LogP contribution >= 0.6 is 7.52 Å². The minimum absolute atomic E-state index is 0.458. The van der Waals surface area contributed by atoms with Crippen LogP contribution in [0.3, 0.4) is 0 Å². The van der Waals surface area contributed by atoms with Crippen molar-refractivity contribution < 1.29 is 13.8 Å². The fraction of sp³-hybridized carbons (Fsp3) is 0.333. The first-order valence-corrected chi connectivity index (χ1v) is 9.85. The largest absolute Gasteiger partial charge is 0.494 e. The van der Waals surface area contributed by atoms with E-state index < -0.39 is 7.52 Å². The van der Waals surface area contributed by atoms with E-state index in [0.29, 0.717) is 18.3 Å². The van der Waals surface area contributed by atoms with Gasteiger partial charge in [-0.2, -0.15) is 0 Å². The Hall–Kier alpha value is -1.93. The van der Waals surface area contributed by atoms with Gasteiger partial charge < -0.3 is 14.3 Å². The molecule has 2 rings (SSSR count). The number of hydrogen-bond donors (Lipinski definition) is 1. The Labute approximate surface area is 138 Å². The van der Waals surface area contributed by atoms with Gasteiger partial charge in [0.1, 0.15) is 11.5 Å². The van der Waals surface area contributed by atoms with Crippen molar-refractivity contribution in [3.8, 4) is 11.5 Å². The number of anilines is 1. The quantitative estimate of drug-likeness (QED) is 0.678. The predicted octanol–water partition coefficient (Wildman–Crippen LogP) is 5.52. The van der Waals surface area contributed by atoms with Gasteiger partial charge in [0.05, 0.1) is 6.61 Å². The summed E-state index contributed by atoms with van der Waals surface area (Å²) in [5, 5.41) is 2.95. The molecule has 0 aliphatic heterocycles. The Kier molecular flexibility index (Phi) is 5.73. The van der Waals surface area contributed by atoms with Gasteiger partial charge in [0, 0.05) is 12.4 Å². The molecule has 0 saturated carbocycles. The first-order chi connectivity index (χ1) is 10.9. The normalized spacial score (nSPS) is 13.4. The minimum Gasteiger partial charge on any atom is -0.494 e. The van der Waals surface area contributed by atoms with Crippen LogP contribution in [0.4, 0.5) is 5.69 Å². The van der Waals surface area contributed by atoms with Gasteiger partial charge in [-0.3, -0.25) is 4.57 Å². The molecule has 0 heterocycles. The molecule has 0 unspecified atom stereocenters. The van der Waals surface area contributed by atoms with Gasteiger partial charge >= 0.3 is 7.52 Å². The molecule has 1 N–H and O–H groups in total. The molecule has 0 saturated heterocycles. The first-order valence-electron chi connectivity index (χ1n) is 7.78. The zero-order valence-corrected chi connectivity index (χ0v) is 15.0. The highest BCUT2D eigenvalue weighted by atomic mass is 31.2. The number of nitrogens with one attached hydrogen (secondary N) is 1. The Bertz CT molecular complexity index is 666. The van der Waals surface area contributed by atoms with E-state index in [1.165, 1.54) is 5.56 Å². The lowest BCUT2D eigenvalue weighted by Gasteiger charge is -2.18. The SMILES string of the molecule is CCOc1ccc(N[P@](C)(=O)Oc2ccc(C(C)C)cc2)cc1. The summed E-state index contributed by atoms with van der Waals surface area (Å²) >= 11 is 0. The van der Waals surface area contributed by atoms with Crippen LogP contribution in [0.15, 0.2) is 48.5 Å². The Balaban J connectivity index is 2.02. The van der Waals surface area contributed by atoms with Crippen molar-refractivity contribution in [2.75, 3.05) is 18.4 Å². The second-order valence-corrected chi connectivity index (χ2v) is 7.83. The maximum atomic E-state index is 12.6. The molecule has 2 aromatic carbocycles. The zero-order valence-electron chi connectivity index (χ0n) is 14.1. The number of ether oxygens (including phenoxy) is 1. The van der Waals surface area contributed by atoms with Crippen molar-refractivity contribution in [2.45, 2.75) is 26.7 Å². The molecule has 0 amide bonds. The predicted molar refractivity (Wildman–Crippen MR) is 95.9 cm³/mol. The van der Waals surface area contributed by atoms with Gasteiger partial charge in [0.25, 0.3) is 0 Å². The highest BCUT2D eigenvalue weighted by molar-refractivity contribution is 7.60. The van der Waals surface area contributed by atoms with E-state index in [0.717, 1.165) is 11.4 Å². The lowest BCUT2D eigenvalue weighted by molar-refractivity contribution is 0.340.